The number of nitrogens with zero attached hydrogens (tertiary/aromatic N) is 3. The molecule has 2 aliphatic rings. The SMILES string of the molecule is Cc1[nH]c(C)c([C@@H]2[C@H](c3ccccn3)NC(=S)N2c2ccc(N3C[C@H](C)C[C@H](C)C3)c(Cl)c2)c1I. The summed E-state index contributed by atoms with van der Waals surface area (Å²) < 4.78 is 1.22. The number of rotatable bonds is 4. The van der Waals surface area contributed by atoms with Gasteiger partial charge in [0.1, 0.15) is 0 Å². The number of hydrogen-bond acceptors (Lipinski definition) is 3. The molecule has 184 valence electrons. The van der Waals surface area contributed by atoms with E-state index in [2.05, 4.69) is 99.6 Å². The number of piperidine rings is 1. The highest BCUT2D eigenvalue weighted by molar-refractivity contribution is 14.1. The van der Waals surface area contributed by atoms with Gasteiger partial charge in [-0.25, -0.2) is 0 Å². The molecule has 35 heavy (non-hydrogen) atoms. The van der Waals surface area contributed by atoms with E-state index in [0.29, 0.717) is 16.9 Å². The van der Waals surface area contributed by atoms with Crippen LogP contribution < -0.4 is 15.1 Å². The first kappa shape index (κ1) is 24.8. The summed E-state index contributed by atoms with van der Waals surface area (Å²) in [4.78, 5) is 12.8. The van der Waals surface area contributed by atoms with Crippen molar-refractivity contribution < 1.29 is 0 Å². The van der Waals surface area contributed by atoms with Gasteiger partial charge in [-0.2, -0.15) is 0 Å². The van der Waals surface area contributed by atoms with Crippen molar-refractivity contribution in [1.82, 2.24) is 15.3 Å². The maximum absolute atomic E-state index is 6.95. The Morgan fingerprint density at radius 1 is 1.09 bits per heavy atom. The van der Waals surface area contributed by atoms with Crippen LogP contribution in [-0.4, -0.2) is 28.2 Å². The lowest BCUT2D eigenvalue weighted by Crippen LogP contribution is -2.38. The fraction of sp³-hybridized carbons (Fsp3) is 0.407. The molecule has 4 atom stereocenters. The summed E-state index contributed by atoms with van der Waals surface area (Å²) in [5, 5.41) is 5.02. The number of aryl methyl sites for hydroxylation is 2. The Hall–Kier alpha value is -1.84. The molecule has 0 amide bonds. The van der Waals surface area contributed by atoms with Crippen molar-refractivity contribution in [3.63, 3.8) is 0 Å². The largest absolute Gasteiger partial charge is 0.370 e. The predicted molar refractivity (Wildman–Crippen MR) is 158 cm³/mol. The van der Waals surface area contributed by atoms with Gasteiger partial charge in [-0.1, -0.05) is 31.5 Å². The molecular formula is C27H31ClIN5S. The molecule has 4 heterocycles. The van der Waals surface area contributed by atoms with Crippen molar-refractivity contribution >= 4 is 62.9 Å². The van der Waals surface area contributed by atoms with Crippen molar-refractivity contribution in [3.8, 4) is 0 Å². The minimum Gasteiger partial charge on any atom is -0.370 e. The van der Waals surface area contributed by atoms with E-state index in [1.807, 2.05) is 18.3 Å². The highest BCUT2D eigenvalue weighted by atomic mass is 127. The van der Waals surface area contributed by atoms with Crippen LogP contribution in [0.5, 0.6) is 0 Å². The lowest BCUT2D eigenvalue weighted by molar-refractivity contribution is 0.357. The third-order valence-corrected chi connectivity index (χ3v) is 9.16. The average Bonchev–Trinajstić information content (AvgIpc) is 3.27. The molecule has 2 aliphatic heterocycles. The number of hydrogen-bond donors (Lipinski definition) is 2. The molecule has 5 rings (SSSR count). The Bertz CT molecular complexity index is 1240. The van der Waals surface area contributed by atoms with Crippen LogP contribution in [0.25, 0.3) is 0 Å². The summed E-state index contributed by atoms with van der Waals surface area (Å²) in [5.74, 6) is 1.32. The van der Waals surface area contributed by atoms with Gasteiger partial charge in [-0.3, -0.25) is 4.98 Å². The van der Waals surface area contributed by atoms with Crippen LogP contribution in [-0.2, 0) is 0 Å². The second-order valence-electron chi connectivity index (χ2n) is 10.1. The first-order chi connectivity index (χ1) is 16.7. The van der Waals surface area contributed by atoms with Crippen molar-refractivity contribution in [2.24, 2.45) is 11.8 Å². The molecule has 1 aromatic carbocycles. The van der Waals surface area contributed by atoms with E-state index in [4.69, 9.17) is 23.8 Å². The first-order valence-corrected chi connectivity index (χ1v) is 14.0. The molecule has 2 saturated heterocycles. The molecule has 0 saturated carbocycles. The van der Waals surface area contributed by atoms with E-state index < -0.39 is 0 Å². The van der Waals surface area contributed by atoms with Crippen LogP contribution in [0.3, 0.4) is 0 Å². The van der Waals surface area contributed by atoms with Crippen LogP contribution in [0, 0.1) is 29.3 Å². The summed E-state index contributed by atoms with van der Waals surface area (Å²) in [6, 6.07) is 12.3. The molecule has 2 fully saturated rings. The molecule has 3 aromatic rings. The van der Waals surface area contributed by atoms with Gasteiger partial charge < -0.3 is 20.1 Å². The van der Waals surface area contributed by atoms with Crippen molar-refractivity contribution in [2.75, 3.05) is 22.9 Å². The summed E-state index contributed by atoms with van der Waals surface area (Å²) in [7, 11) is 0. The highest BCUT2D eigenvalue weighted by Crippen LogP contribution is 2.46. The van der Waals surface area contributed by atoms with Gasteiger partial charge in [0.2, 0.25) is 0 Å². The third kappa shape index (κ3) is 4.67. The number of benzene rings is 1. The number of halogens is 2. The summed E-state index contributed by atoms with van der Waals surface area (Å²) in [5.41, 5.74) is 6.62. The van der Waals surface area contributed by atoms with Crippen LogP contribution in [0.1, 0.15) is 55.0 Å². The maximum atomic E-state index is 6.95. The van der Waals surface area contributed by atoms with E-state index in [1.54, 1.807) is 0 Å². The van der Waals surface area contributed by atoms with Crippen LogP contribution in [0.4, 0.5) is 11.4 Å². The zero-order chi connectivity index (χ0) is 24.9. The number of anilines is 2. The van der Waals surface area contributed by atoms with Crippen LogP contribution in [0.2, 0.25) is 5.02 Å². The van der Waals surface area contributed by atoms with Gasteiger partial charge in [0.25, 0.3) is 0 Å². The second-order valence-corrected chi connectivity index (χ2v) is 12.0. The quantitative estimate of drug-likeness (QED) is 0.245. The van der Waals surface area contributed by atoms with E-state index >= 15 is 0 Å². The lowest BCUT2D eigenvalue weighted by Gasteiger charge is -2.37. The number of nitrogens with one attached hydrogen (secondary N) is 2. The Labute approximate surface area is 231 Å². The lowest BCUT2D eigenvalue weighted by atomic mass is 9.91. The average molecular weight is 620 g/mol. The van der Waals surface area contributed by atoms with Gasteiger partial charge in [-0.15, -0.1) is 0 Å². The number of aromatic amines is 1. The molecule has 8 heteroatoms. The number of aromatic nitrogens is 2. The van der Waals surface area contributed by atoms with Crippen molar-refractivity contribution in [2.45, 2.75) is 46.2 Å². The fourth-order valence-corrected chi connectivity index (χ4v) is 7.31. The molecule has 0 unspecified atom stereocenters. The summed E-state index contributed by atoms with van der Waals surface area (Å²) >= 11 is 15.3. The fourth-order valence-electron chi connectivity index (χ4n) is 5.81. The van der Waals surface area contributed by atoms with E-state index in [-0.39, 0.29) is 12.1 Å². The first-order valence-electron chi connectivity index (χ1n) is 12.1. The van der Waals surface area contributed by atoms with Gasteiger partial charge in [-0.05, 0) is 97.2 Å². The number of thiocarbonyl (C=S) groups is 1. The zero-order valence-electron chi connectivity index (χ0n) is 20.5. The smallest absolute Gasteiger partial charge is 0.174 e. The van der Waals surface area contributed by atoms with Gasteiger partial charge >= 0.3 is 0 Å². The maximum Gasteiger partial charge on any atom is 0.174 e. The number of pyridine rings is 1. The van der Waals surface area contributed by atoms with Gasteiger partial charge in [0.15, 0.2) is 5.11 Å². The van der Waals surface area contributed by atoms with Crippen molar-refractivity contribution in [1.29, 1.82) is 0 Å². The predicted octanol–water partition coefficient (Wildman–Crippen LogP) is 6.94. The molecule has 0 radical (unpaired) electrons. The molecule has 2 N–H and O–H groups in total. The van der Waals surface area contributed by atoms with Gasteiger partial charge in [0.05, 0.1) is 28.5 Å². The highest BCUT2D eigenvalue weighted by Gasteiger charge is 2.43. The zero-order valence-corrected chi connectivity index (χ0v) is 24.2. The molecule has 0 aliphatic carbocycles. The Morgan fingerprint density at radius 2 is 1.83 bits per heavy atom. The third-order valence-electron chi connectivity index (χ3n) is 7.16. The number of H-pyrrole nitrogens is 1. The summed E-state index contributed by atoms with van der Waals surface area (Å²) in [6.07, 6.45) is 3.11. The van der Waals surface area contributed by atoms with E-state index in [0.717, 1.165) is 46.6 Å². The Morgan fingerprint density at radius 3 is 2.43 bits per heavy atom. The standard InChI is InChI=1S/C27H31ClIN5S/c1-15-11-16(2)14-33(13-15)22-9-8-19(12-20(22)28)34-26(23-17(3)31-18(4)24(23)29)25(32-27(34)35)21-7-5-6-10-30-21/h5-10,12,15-16,25-26,31H,11,13-14H2,1-4H3,(H,32,35)/t15-,16+,25-,26+/m0/s1. The Kier molecular flexibility index (Phi) is 7.03. The molecule has 2 aromatic heterocycles. The summed E-state index contributed by atoms with van der Waals surface area (Å²) in [6.45, 7) is 11.0. The minimum absolute atomic E-state index is 0.0498. The molecule has 0 bridgehead atoms. The normalized spacial score (nSPS) is 24.7. The Balaban J connectivity index is 1.57. The topological polar surface area (TPSA) is 47.2 Å². The van der Waals surface area contributed by atoms with E-state index in [1.165, 1.54) is 15.6 Å². The monoisotopic (exact) mass is 619 g/mol. The minimum atomic E-state index is -0.0756. The molecule has 5 nitrogen and oxygen atoms in total. The second kappa shape index (κ2) is 9.90. The van der Waals surface area contributed by atoms with E-state index in [9.17, 15) is 0 Å². The molecular weight excluding hydrogens is 589 g/mol. The van der Waals surface area contributed by atoms with Crippen molar-refractivity contribution in [3.05, 3.63) is 73.8 Å². The molecule has 0 spiro atoms. The van der Waals surface area contributed by atoms with Crippen LogP contribution in [0.15, 0.2) is 42.6 Å². The van der Waals surface area contributed by atoms with Gasteiger partial charge in [0, 0.05) is 45.5 Å². The van der Waals surface area contributed by atoms with Crippen LogP contribution >= 0.6 is 46.4 Å².